The Labute approximate surface area is 148 Å². The highest BCUT2D eigenvalue weighted by Gasteiger charge is 2.68. The number of carbonyl (C=O) groups excluding carboxylic acids is 3. The lowest BCUT2D eigenvalue weighted by molar-refractivity contribution is -0.147. The van der Waals surface area contributed by atoms with Crippen LogP contribution >= 0.6 is 15.9 Å². The van der Waals surface area contributed by atoms with Crippen LogP contribution in [0.5, 0.6) is 0 Å². The molecule has 3 amide bonds. The minimum Gasteiger partial charge on any atom is -0.464 e. The van der Waals surface area contributed by atoms with E-state index in [9.17, 15) is 14.4 Å². The summed E-state index contributed by atoms with van der Waals surface area (Å²) in [5, 5.41) is 2.61. The number of benzene rings is 1. The Bertz CT molecular complexity index is 677. The van der Waals surface area contributed by atoms with Crippen LogP contribution in [0.4, 0.5) is 4.79 Å². The van der Waals surface area contributed by atoms with Gasteiger partial charge in [-0.2, -0.15) is 0 Å². The Morgan fingerprint density at radius 3 is 2.38 bits per heavy atom. The van der Waals surface area contributed by atoms with Gasteiger partial charge in [0.25, 0.3) is 5.91 Å². The number of hydrogen-bond donors (Lipinski definition) is 3. The zero-order chi connectivity index (χ0) is 18.0. The van der Waals surface area contributed by atoms with E-state index in [4.69, 9.17) is 4.74 Å². The minimum absolute atomic E-state index is 0.235. The first-order valence-corrected chi connectivity index (χ1v) is 8.33. The van der Waals surface area contributed by atoms with Crippen molar-refractivity contribution in [2.75, 3.05) is 6.61 Å². The lowest BCUT2D eigenvalue weighted by atomic mass is 10.1. The maximum atomic E-state index is 12.1. The van der Waals surface area contributed by atoms with Gasteiger partial charge < -0.3 is 10.1 Å². The molecule has 24 heavy (non-hydrogen) atoms. The maximum absolute atomic E-state index is 12.1. The number of carbonyl (C=O) groups is 3. The third-order valence-corrected chi connectivity index (χ3v) is 4.79. The average molecular weight is 398 g/mol. The molecule has 0 bridgehead atoms. The molecular weight excluding hydrogens is 378 g/mol. The lowest BCUT2D eigenvalue weighted by Crippen LogP contribution is -2.55. The predicted molar refractivity (Wildman–Crippen MR) is 91.0 cm³/mol. The number of hydrogen-bond acceptors (Lipinski definition) is 4. The quantitative estimate of drug-likeness (QED) is 0.535. The maximum Gasteiger partial charge on any atom is 0.334 e. The average Bonchev–Trinajstić information content (AvgIpc) is 3.07. The summed E-state index contributed by atoms with van der Waals surface area (Å²) in [5.41, 5.74) is 3.48. The topological polar surface area (TPSA) is 96.5 Å². The molecule has 0 spiro atoms. The summed E-state index contributed by atoms with van der Waals surface area (Å²) in [5.74, 6) is -0.944. The molecule has 7 nitrogen and oxygen atoms in total. The zero-order valence-corrected chi connectivity index (χ0v) is 15.3. The van der Waals surface area contributed by atoms with Crippen molar-refractivity contribution in [2.45, 2.75) is 32.7 Å². The van der Waals surface area contributed by atoms with Crippen molar-refractivity contribution in [1.82, 2.24) is 16.2 Å². The van der Waals surface area contributed by atoms with Gasteiger partial charge in [-0.25, -0.2) is 15.0 Å². The molecule has 2 rings (SSSR count). The van der Waals surface area contributed by atoms with E-state index in [0.29, 0.717) is 16.5 Å². The second-order valence-corrected chi connectivity index (χ2v) is 7.05. The fourth-order valence-electron chi connectivity index (χ4n) is 2.54. The lowest BCUT2D eigenvalue weighted by Gasteiger charge is -2.20. The highest BCUT2D eigenvalue weighted by atomic mass is 79.9. The molecule has 1 unspecified atom stereocenters. The van der Waals surface area contributed by atoms with Gasteiger partial charge in [0.2, 0.25) is 0 Å². The summed E-state index contributed by atoms with van der Waals surface area (Å²) in [6.07, 6.45) is 0.477. The number of esters is 1. The van der Waals surface area contributed by atoms with Crippen LogP contribution in [0.15, 0.2) is 28.7 Å². The van der Waals surface area contributed by atoms with E-state index < -0.39 is 28.9 Å². The second-order valence-electron chi connectivity index (χ2n) is 6.20. The van der Waals surface area contributed by atoms with Crippen LogP contribution in [0.25, 0.3) is 0 Å². The number of nitrogens with one attached hydrogen (secondary N) is 3. The van der Waals surface area contributed by atoms with Crippen molar-refractivity contribution in [3.8, 4) is 0 Å². The first kappa shape index (κ1) is 18.3. The molecule has 0 saturated heterocycles. The van der Waals surface area contributed by atoms with Crippen LogP contribution in [0.3, 0.4) is 0 Å². The van der Waals surface area contributed by atoms with Crippen molar-refractivity contribution >= 4 is 33.8 Å². The fourth-order valence-corrected chi connectivity index (χ4v) is 3.00. The molecule has 0 aromatic heterocycles. The Morgan fingerprint density at radius 2 is 1.83 bits per heavy atom. The van der Waals surface area contributed by atoms with Crippen LogP contribution in [0.2, 0.25) is 0 Å². The summed E-state index contributed by atoms with van der Waals surface area (Å²) in [6, 6.07) is 6.15. The predicted octanol–water partition coefficient (Wildman–Crippen LogP) is 2.12. The molecule has 1 atom stereocenters. The monoisotopic (exact) mass is 397 g/mol. The molecule has 1 aliphatic carbocycles. The molecule has 1 saturated carbocycles. The first-order valence-electron chi connectivity index (χ1n) is 7.54. The number of urea groups is 1. The van der Waals surface area contributed by atoms with Crippen LogP contribution in [-0.2, 0) is 9.53 Å². The van der Waals surface area contributed by atoms with Gasteiger partial charge in [0.1, 0.15) is 5.54 Å². The smallest absolute Gasteiger partial charge is 0.334 e. The molecule has 8 heteroatoms. The normalized spacial score (nSPS) is 20.7. The Hall–Kier alpha value is -2.09. The van der Waals surface area contributed by atoms with Crippen LogP contribution in [0, 0.1) is 5.41 Å². The third kappa shape index (κ3) is 3.53. The summed E-state index contributed by atoms with van der Waals surface area (Å²) in [7, 11) is 0. The van der Waals surface area contributed by atoms with E-state index in [1.807, 2.05) is 13.8 Å². The minimum atomic E-state index is -1.06. The molecule has 1 fully saturated rings. The number of rotatable bonds is 4. The van der Waals surface area contributed by atoms with Gasteiger partial charge in [-0.3, -0.25) is 10.2 Å². The number of halogens is 1. The van der Waals surface area contributed by atoms with E-state index in [2.05, 4.69) is 32.1 Å². The summed E-state index contributed by atoms with van der Waals surface area (Å²) in [4.78, 5) is 36.2. The summed E-state index contributed by atoms with van der Waals surface area (Å²) >= 11 is 3.26. The molecular formula is C16H20BrN3O4. The van der Waals surface area contributed by atoms with Crippen LogP contribution < -0.4 is 16.2 Å². The number of ether oxygens (including phenoxy) is 1. The van der Waals surface area contributed by atoms with Gasteiger partial charge in [-0.05, 0) is 41.4 Å². The van der Waals surface area contributed by atoms with Gasteiger partial charge in [0, 0.05) is 9.89 Å². The number of hydrazine groups is 1. The Balaban J connectivity index is 1.95. The van der Waals surface area contributed by atoms with Gasteiger partial charge in [-0.1, -0.05) is 26.0 Å². The SMILES string of the molecule is CCOC(=O)C1(NC(=O)NNC(=O)c2ccccc2Br)CC1(C)C. The van der Waals surface area contributed by atoms with Crippen molar-refractivity contribution in [3.05, 3.63) is 34.3 Å². The van der Waals surface area contributed by atoms with Gasteiger partial charge in [0.05, 0.1) is 12.2 Å². The van der Waals surface area contributed by atoms with Crippen LogP contribution in [-0.4, -0.2) is 30.1 Å². The largest absolute Gasteiger partial charge is 0.464 e. The molecule has 0 heterocycles. The Kier molecular flexibility index (Phi) is 5.17. The molecule has 0 radical (unpaired) electrons. The zero-order valence-electron chi connectivity index (χ0n) is 13.7. The molecule has 1 aromatic carbocycles. The second kappa shape index (κ2) is 6.80. The van der Waals surface area contributed by atoms with E-state index in [1.165, 1.54) is 0 Å². The van der Waals surface area contributed by atoms with E-state index in [1.54, 1.807) is 31.2 Å². The highest BCUT2D eigenvalue weighted by Crippen LogP contribution is 2.56. The fraction of sp³-hybridized carbons (Fsp3) is 0.438. The standard InChI is InChI=1S/C16H20BrN3O4/c1-4-24-13(22)16(9-15(16,2)3)18-14(23)20-19-12(21)10-7-5-6-8-11(10)17/h5-8H,4,9H2,1-3H3,(H,19,21)(H2,18,20,23). The number of amides is 3. The van der Waals surface area contributed by atoms with E-state index >= 15 is 0 Å². The summed E-state index contributed by atoms with van der Waals surface area (Å²) in [6.45, 7) is 5.67. The molecule has 130 valence electrons. The summed E-state index contributed by atoms with van der Waals surface area (Å²) < 4.78 is 5.65. The van der Waals surface area contributed by atoms with Gasteiger partial charge in [0.15, 0.2) is 0 Å². The van der Waals surface area contributed by atoms with Gasteiger partial charge in [-0.15, -0.1) is 0 Å². The first-order chi connectivity index (χ1) is 11.2. The van der Waals surface area contributed by atoms with Crippen molar-refractivity contribution in [2.24, 2.45) is 5.41 Å². The van der Waals surface area contributed by atoms with Crippen LogP contribution in [0.1, 0.15) is 37.6 Å². The molecule has 0 aliphatic heterocycles. The van der Waals surface area contributed by atoms with Crippen molar-refractivity contribution in [1.29, 1.82) is 0 Å². The van der Waals surface area contributed by atoms with E-state index in [-0.39, 0.29) is 6.61 Å². The molecule has 1 aromatic rings. The third-order valence-electron chi connectivity index (χ3n) is 4.10. The molecule has 1 aliphatic rings. The van der Waals surface area contributed by atoms with Crippen molar-refractivity contribution in [3.63, 3.8) is 0 Å². The molecule has 3 N–H and O–H groups in total. The highest BCUT2D eigenvalue weighted by molar-refractivity contribution is 9.10. The van der Waals surface area contributed by atoms with Crippen molar-refractivity contribution < 1.29 is 19.1 Å². The van der Waals surface area contributed by atoms with Gasteiger partial charge >= 0.3 is 12.0 Å². The Morgan fingerprint density at radius 1 is 1.21 bits per heavy atom. The van der Waals surface area contributed by atoms with E-state index in [0.717, 1.165) is 0 Å².